The van der Waals surface area contributed by atoms with E-state index in [9.17, 15) is 19.2 Å². The average molecular weight is 659 g/mol. The number of urea groups is 1. The fourth-order valence-corrected chi connectivity index (χ4v) is 5.36. The first-order valence-corrected chi connectivity index (χ1v) is 16.4. The van der Waals surface area contributed by atoms with Gasteiger partial charge in [-0.15, -0.1) is 0 Å². The summed E-state index contributed by atoms with van der Waals surface area (Å²) >= 11 is 0. The zero-order valence-electron chi connectivity index (χ0n) is 28.0. The van der Waals surface area contributed by atoms with E-state index in [1.54, 1.807) is 20.8 Å². The van der Waals surface area contributed by atoms with Crippen LogP contribution >= 0.6 is 0 Å². The lowest BCUT2D eigenvalue weighted by molar-refractivity contribution is -0.143. The molecule has 3 N–H and O–H groups in total. The van der Waals surface area contributed by atoms with Gasteiger partial charge >= 0.3 is 24.2 Å². The third-order valence-corrected chi connectivity index (χ3v) is 7.62. The van der Waals surface area contributed by atoms with Crippen LogP contribution in [-0.4, -0.2) is 74.0 Å². The number of carbonyl (C=O) groups excluding carboxylic acids is 4. The van der Waals surface area contributed by atoms with Gasteiger partial charge in [0.2, 0.25) is 0 Å². The van der Waals surface area contributed by atoms with Crippen LogP contribution in [0.25, 0.3) is 11.1 Å². The van der Waals surface area contributed by atoms with E-state index in [-0.39, 0.29) is 38.8 Å². The summed E-state index contributed by atoms with van der Waals surface area (Å²) in [5, 5.41) is 8.41. The van der Waals surface area contributed by atoms with Crippen LogP contribution in [0.4, 0.5) is 14.4 Å². The predicted octanol–water partition coefficient (Wildman–Crippen LogP) is 5.98. The number of hydrogen-bond donors (Lipinski definition) is 3. The topological polar surface area (TPSA) is 135 Å². The summed E-state index contributed by atoms with van der Waals surface area (Å²) in [7, 11) is 0. The number of amides is 4. The summed E-state index contributed by atoms with van der Waals surface area (Å²) in [6.07, 6.45) is 0.588. The van der Waals surface area contributed by atoms with E-state index < -0.39 is 29.8 Å². The number of ether oxygens (including phenoxy) is 3. The standard InChI is InChI=1S/C37H46N4O7/c1-37(2,3)48-35(44)40-20-12-5-13-23-41(34(43)39-22-21-38-24-33(42)46-25-27-14-6-4-7-15-27)36(45)47-26-32-30-18-10-8-16-28(30)29-17-9-11-19-31(29)32/h4,6-11,14-19,32,38H,5,12-13,20-26H2,1-3H3,(H,39,43)(H,40,44). The minimum atomic E-state index is -0.737. The van der Waals surface area contributed by atoms with Crippen LogP contribution in [0, 0.1) is 0 Å². The molecule has 48 heavy (non-hydrogen) atoms. The number of nitrogens with one attached hydrogen (secondary N) is 3. The molecule has 0 atom stereocenters. The maximum atomic E-state index is 13.4. The molecule has 256 valence electrons. The second kappa shape index (κ2) is 17.9. The van der Waals surface area contributed by atoms with Gasteiger partial charge in [0.05, 0.1) is 6.54 Å². The highest BCUT2D eigenvalue weighted by Gasteiger charge is 2.30. The molecule has 4 amide bonds. The van der Waals surface area contributed by atoms with Gasteiger partial charge in [0.15, 0.2) is 0 Å². The SMILES string of the molecule is CC(C)(C)OC(=O)NCCCCCN(C(=O)NCCNCC(=O)OCc1ccccc1)C(=O)OCC1c2ccccc2-c2ccccc21. The molecule has 0 radical (unpaired) electrons. The summed E-state index contributed by atoms with van der Waals surface area (Å²) in [5.41, 5.74) is 4.69. The normalized spacial score (nSPS) is 12.0. The van der Waals surface area contributed by atoms with E-state index in [1.165, 1.54) is 0 Å². The summed E-state index contributed by atoms with van der Waals surface area (Å²) in [6, 6.07) is 24.9. The van der Waals surface area contributed by atoms with Gasteiger partial charge in [-0.1, -0.05) is 78.9 Å². The van der Waals surface area contributed by atoms with Crippen molar-refractivity contribution in [1.29, 1.82) is 0 Å². The second-order valence-electron chi connectivity index (χ2n) is 12.5. The Kier molecular flexibility index (Phi) is 13.4. The van der Waals surface area contributed by atoms with Crippen LogP contribution in [-0.2, 0) is 25.6 Å². The maximum Gasteiger partial charge on any atom is 0.418 e. The highest BCUT2D eigenvalue weighted by molar-refractivity contribution is 5.91. The van der Waals surface area contributed by atoms with Crippen LogP contribution in [0.1, 0.15) is 62.6 Å². The molecule has 1 aliphatic rings. The van der Waals surface area contributed by atoms with Crippen LogP contribution < -0.4 is 16.0 Å². The molecule has 11 nitrogen and oxygen atoms in total. The zero-order valence-corrected chi connectivity index (χ0v) is 28.0. The molecule has 0 bridgehead atoms. The summed E-state index contributed by atoms with van der Waals surface area (Å²) in [5.74, 6) is -0.553. The van der Waals surface area contributed by atoms with Crippen molar-refractivity contribution in [1.82, 2.24) is 20.9 Å². The van der Waals surface area contributed by atoms with Crippen molar-refractivity contribution < 1.29 is 33.4 Å². The molecule has 0 heterocycles. The summed E-state index contributed by atoms with van der Waals surface area (Å²) in [4.78, 5) is 51.6. The van der Waals surface area contributed by atoms with E-state index in [0.717, 1.165) is 32.7 Å². The van der Waals surface area contributed by atoms with Crippen molar-refractivity contribution in [3.05, 3.63) is 95.6 Å². The van der Waals surface area contributed by atoms with Gasteiger partial charge in [0, 0.05) is 32.1 Å². The smallest absolute Gasteiger partial charge is 0.418 e. The number of benzene rings is 3. The number of esters is 1. The average Bonchev–Trinajstić information content (AvgIpc) is 3.38. The fourth-order valence-electron chi connectivity index (χ4n) is 5.36. The number of alkyl carbamates (subject to hydrolysis) is 1. The molecule has 0 fully saturated rings. The van der Waals surface area contributed by atoms with Gasteiger partial charge in [-0.25, -0.2) is 19.3 Å². The second-order valence-corrected chi connectivity index (χ2v) is 12.5. The quantitative estimate of drug-likeness (QED) is 0.103. The molecule has 0 aliphatic heterocycles. The van der Waals surface area contributed by atoms with Gasteiger partial charge < -0.3 is 30.2 Å². The first-order chi connectivity index (χ1) is 23.1. The predicted molar refractivity (Wildman–Crippen MR) is 182 cm³/mol. The van der Waals surface area contributed by atoms with Crippen LogP contribution in [0.15, 0.2) is 78.9 Å². The number of fused-ring (bicyclic) bond motifs is 3. The van der Waals surface area contributed by atoms with Crippen LogP contribution in [0.3, 0.4) is 0 Å². The number of unbranched alkanes of at least 4 members (excludes halogenated alkanes) is 2. The molecule has 0 saturated heterocycles. The zero-order chi connectivity index (χ0) is 34.4. The Morgan fingerprint density at radius 2 is 1.38 bits per heavy atom. The lowest BCUT2D eigenvalue weighted by Crippen LogP contribution is -2.46. The van der Waals surface area contributed by atoms with Crippen molar-refractivity contribution in [2.24, 2.45) is 0 Å². The highest BCUT2D eigenvalue weighted by atomic mass is 16.6. The lowest BCUT2D eigenvalue weighted by atomic mass is 9.98. The van der Waals surface area contributed by atoms with Crippen molar-refractivity contribution in [3.8, 4) is 11.1 Å². The Bertz CT molecular complexity index is 1480. The van der Waals surface area contributed by atoms with Crippen molar-refractivity contribution in [2.75, 3.05) is 39.3 Å². The van der Waals surface area contributed by atoms with E-state index in [2.05, 4.69) is 28.1 Å². The van der Waals surface area contributed by atoms with Crippen molar-refractivity contribution in [3.63, 3.8) is 0 Å². The van der Waals surface area contributed by atoms with Crippen LogP contribution in [0.2, 0.25) is 0 Å². The van der Waals surface area contributed by atoms with Crippen molar-refractivity contribution in [2.45, 2.75) is 58.2 Å². The van der Waals surface area contributed by atoms with Crippen LogP contribution in [0.5, 0.6) is 0 Å². The Balaban J connectivity index is 1.26. The summed E-state index contributed by atoms with van der Waals surface area (Å²) < 4.78 is 16.3. The maximum absolute atomic E-state index is 13.4. The molecule has 3 aromatic rings. The van der Waals surface area contributed by atoms with Gasteiger partial charge in [0.1, 0.15) is 18.8 Å². The first-order valence-electron chi connectivity index (χ1n) is 16.4. The Morgan fingerprint density at radius 3 is 2.04 bits per heavy atom. The number of imide groups is 1. The third-order valence-electron chi connectivity index (χ3n) is 7.62. The third kappa shape index (κ3) is 11.1. The lowest BCUT2D eigenvalue weighted by Gasteiger charge is -2.22. The molecule has 4 rings (SSSR count). The molecular weight excluding hydrogens is 612 g/mol. The Morgan fingerprint density at radius 1 is 0.729 bits per heavy atom. The molecule has 0 unspecified atom stereocenters. The van der Waals surface area contributed by atoms with Gasteiger partial charge in [-0.2, -0.15) is 0 Å². The number of rotatable bonds is 15. The van der Waals surface area contributed by atoms with Gasteiger partial charge in [-0.05, 0) is 67.9 Å². The van der Waals surface area contributed by atoms with Crippen molar-refractivity contribution >= 4 is 24.2 Å². The van der Waals surface area contributed by atoms with Gasteiger partial charge in [-0.3, -0.25) is 4.79 Å². The Hall–Kier alpha value is -4.90. The molecule has 0 spiro atoms. The largest absolute Gasteiger partial charge is 0.460 e. The molecular formula is C37H46N4O7. The molecule has 0 aromatic heterocycles. The molecule has 1 aliphatic carbocycles. The molecule has 0 saturated carbocycles. The number of nitrogens with zero attached hydrogens (tertiary/aromatic N) is 1. The fraction of sp³-hybridized carbons (Fsp3) is 0.405. The first kappa shape index (κ1) is 35.9. The number of hydrogen-bond acceptors (Lipinski definition) is 8. The van der Waals surface area contributed by atoms with E-state index >= 15 is 0 Å². The minimum Gasteiger partial charge on any atom is -0.460 e. The summed E-state index contributed by atoms with van der Waals surface area (Å²) in [6.45, 7) is 6.66. The van der Waals surface area contributed by atoms with Gasteiger partial charge in [0.25, 0.3) is 0 Å². The van der Waals surface area contributed by atoms with E-state index in [1.807, 2.05) is 66.7 Å². The highest BCUT2D eigenvalue weighted by Crippen LogP contribution is 2.44. The Labute approximate surface area is 282 Å². The monoisotopic (exact) mass is 658 g/mol. The van der Waals surface area contributed by atoms with E-state index in [4.69, 9.17) is 14.2 Å². The molecule has 3 aromatic carbocycles. The minimum absolute atomic E-state index is 0.0177. The molecule has 11 heteroatoms. The number of carbonyl (C=O) groups is 4. The van der Waals surface area contributed by atoms with E-state index in [0.29, 0.717) is 32.4 Å².